The zero-order valence-corrected chi connectivity index (χ0v) is 7.87. The third-order valence-corrected chi connectivity index (χ3v) is 1.57. The molecule has 0 amide bonds. The van der Waals surface area contributed by atoms with Crippen LogP contribution in [0.25, 0.3) is 0 Å². The molecule has 0 saturated carbocycles. The van der Waals surface area contributed by atoms with Crippen LogP contribution in [-0.4, -0.2) is 11.9 Å². The van der Waals surface area contributed by atoms with Crippen molar-refractivity contribution in [3.8, 4) is 0 Å². The largest absolute Gasteiger partial charge is 0.373 e. The van der Waals surface area contributed by atoms with Gasteiger partial charge in [0, 0.05) is 0 Å². The number of carbonyl (C=O) groups excluding carboxylic acids is 2. The van der Waals surface area contributed by atoms with Crippen LogP contribution in [0.4, 0.5) is 0 Å². The fraction of sp³-hybridized carbons (Fsp3) is 0.714. The first kappa shape index (κ1) is 11.9. The molecule has 0 aromatic carbocycles. The van der Waals surface area contributed by atoms with Gasteiger partial charge in [0.2, 0.25) is 0 Å². The number of hydrogen-bond acceptors (Lipinski definition) is 6. The minimum Gasteiger partial charge on any atom is -0.373 e. The second kappa shape index (κ2) is 4.20. The summed E-state index contributed by atoms with van der Waals surface area (Å²) in [7, 11) is 0. The molecule has 0 aliphatic rings. The molecule has 0 aromatic rings. The summed E-state index contributed by atoms with van der Waals surface area (Å²) in [6.07, 6.45) is 0. The van der Waals surface area contributed by atoms with Gasteiger partial charge < -0.3 is 9.68 Å². The lowest BCUT2D eigenvalue weighted by Gasteiger charge is -2.24. The van der Waals surface area contributed by atoms with Crippen LogP contribution in [-0.2, 0) is 19.3 Å². The molecule has 0 aliphatic heterocycles. The van der Waals surface area contributed by atoms with Gasteiger partial charge in [-0.3, -0.25) is 0 Å². The minimum absolute atomic E-state index is 0.646. The monoisotopic (exact) mass is 190 g/mol. The van der Waals surface area contributed by atoms with Gasteiger partial charge in [-0.1, -0.05) is 20.8 Å². The quantitative estimate of drug-likeness (QED) is 0.448. The van der Waals surface area contributed by atoms with Gasteiger partial charge in [-0.2, -0.15) is 11.8 Å². The van der Waals surface area contributed by atoms with Crippen LogP contribution in [0.1, 0.15) is 20.8 Å². The summed E-state index contributed by atoms with van der Waals surface area (Å²) in [5.74, 6) is 6.50. The van der Waals surface area contributed by atoms with Gasteiger partial charge in [0.05, 0.1) is 0 Å². The standard InChI is InChI=1S/C7H14N2O4/c1-7(2,3)4(5(10)12-8)6(11)13-9/h4H,8-9H2,1-3H3. The van der Waals surface area contributed by atoms with Crippen LogP contribution in [0.15, 0.2) is 0 Å². The van der Waals surface area contributed by atoms with Crippen LogP contribution in [0.5, 0.6) is 0 Å². The van der Waals surface area contributed by atoms with E-state index in [1.807, 2.05) is 0 Å². The molecule has 0 heterocycles. The predicted octanol–water partition coefficient (Wildman–Crippen LogP) is -0.517. The third kappa shape index (κ3) is 3.00. The van der Waals surface area contributed by atoms with Gasteiger partial charge in [-0.05, 0) is 5.41 Å². The maximum atomic E-state index is 11.1. The first-order valence-corrected chi connectivity index (χ1v) is 3.65. The summed E-state index contributed by atoms with van der Waals surface area (Å²) in [5.41, 5.74) is -0.646. The molecule has 0 aliphatic carbocycles. The van der Waals surface area contributed by atoms with E-state index >= 15 is 0 Å². The Morgan fingerprint density at radius 1 is 1.08 bits per heavy atom. The van der Waals surface area contributed by atoms with E-state index in [0.29, 0.717) is 0 Å². The molecule has 0 spiro atoms. The van der Waals surface area contributed by atoms with Crippen LogP contribution >= 0.6 is 0 Å². The second-order valence-corrected chi connectivity index (χ2v) is 3.67. The second-order valence-electron chi connectivity index (χ2n) is 3.67. The van der Waals surface area contributed by atoms with E-state index < -0.39 is 23.3 Å². The molecule has 0 aromatic heterocycles. The molecule has 0 atom stereocenters. The molecule has 6 heteroatoms. The molecular formula is C7H14N2O4. The molecule has 0 bridgehead atoms. The van der Waals surface area contributed by atoms with E-state index in [0.717, 1.165) is 0 Å². The van der Waals surface area contributed by atoms with Crippen molar-refractivity contribution in [2.75, 3.05) is 0 Å². The molecule has 13 heavy (non-hydrogen) atoms. The van der Waals surface area contributed by atoms with Gasteiger partial charge in [-0.15, -0.1) is 0 Å². The third-order valence-electron chi connectivity index (χ3n) is 1.57. The highest BCUT2D eigenvalue weighted by Gasteiger charge is 2.40. The van der Waals surface area contributed by atoms with E-state index in [-0.39, 0.29) is 0 Å². The van der Waals surface area contributed by atoms with Gasteiger partial charge >= 0.3 is 11.9 Å². The Morgan fingerprint density at radius 2 is 1.38 bits per heavy atom. The molecule has 76 valence electrons. The maximum absolute atomic E-state index is 11.1. The van der Waals surface area contributed by atoms with Gasteiger partial charge in [0.1, 0.15) is 0 Å². The van der Waals surface area contributed by atoms with E-state index in [4.69, 9.17) is 0 Å². The molecule has 6 nitrogen and oxygen atoms in total. The van der Waals surface area contributed by atoms with Crippen LogP contribution in [0, 0.1) is 11.3 Å². The molecule has 0 saturated heterocycles. The highest BCUT2D eigenvalue weighted by molar-refractivity contribution is 5.95. The van der Waals surface area contributed by atoms with Gasteiger partial charge in [-0.25, -0.2) is 9.59 Å². The number of hydrogen-bond donors (Lipinski definition) is 2. The average Bonchev–Trinajstić information content (AvgIpc) is 2.01. The van der Waals surface area contributed by atoms with Gasteiger partial charge in [0.15, 0.2) is 5.92 Å². The lowest BCUT2D eigenvalue weighted by atomic mass is 9.81. The van der Waals surface area contributed by atoms with E-state index in [9.17, 15) is 9.59 Å². The summed E-state index contributed by atoms with van der Waals surface area (Å²) in [6, 6.07) is 0. The maximum Gasteiger partial charge on any atom is 0.339 e. The van der Waals surface area contributed by atoms with E-state index in [1.165, 1.54) is 0 Å². The molecular weight excluding hydrogens is 176 g/mol. The summed E-state index contributed by atoms with van der Waals surface area (Å²) in [4.78, 5) is 30.0. The Kier molecular flexibility index (Phi) is 3.83. The minimum atomic E-state index is -1.11. The Bertz CT molecular complexity index is 193. The fourth-order valence-corrected chi connectivity index (χ4v) is 0.939. The normalized spacial score (nSPS) is 11.2. The first-order valence-electron chi connectivity index (χ1n) is 3.65. The molecule has 0 radical (unpaired) electrons. The van der Waals surface area contributed by atoms with E-state index in [1.54, 1.807) is 20.8 Å². The molecule has 0 unspecified atom stereocenters. The van der Waals surface area contributed by atoms with Crippen molar-refractivity contribution in [3.05, 3.63) is 0 Å². The summed E-state index contributed by atoms with van der Waals surface area (Å²) < 4.78 is 0. The molecule has 0 fully saturated rings. The lowest BCUT2D eigenvalue weighted by molar-refractivity contribution is -0.168. The Balaban J connectivity index is 4.76. The van der Waals surface area contributed by atoms with Crippen molar-refractivity contribution in [2.24, 2.45) is 23.1 Å². The van der Waals surface area contributed by atoms with Crippen molar-refractivity contribution >= 4 is 11.9 Å². The predicted molar refractivity (Wildman–Crippen MR) is 43.5 cm³/mol. The number of rotatable bonds is 2. The summed E-state index contributed by atoms with van der Waals surface area (Å²) in [6.45, 7) is 5.02. The number of carbonyl (C=O) groups is 2. The van der Waals surface area contributed by atoms with Crippen LogP contribution in [0.3, 0.4) is 0 Å². The van der Waals surface area contributed by atoms with Crippen LogP contribution in [0.2, 0.25) is 0 Å². The number of nitrogens with two attached hydrogens (primary N) is 2. The average molecular weight is 190 g/mol. The van der Waals surface area contributed by atoms with E-state index in [2.05, 4.69) is 21.5 Å². The Labute approximate surface area is 76.1 Å². The van der Waals surface area contributed by atoms with Crippen LogP contribution < -0.4 is 11.8 Å². The lowest BCUT2D eigenvalue weighted by Crippen LogP contribution is -2.40. The van der Waals surface area contributed by atoms with Gasteiger partial charge in [0.25, 0.3) is 0 Å². The van der Waals surface area contributed by atoms with Crippen molar-refractivity contribution in [1.29, 1.82) is 0 Å². The smallest absolute Gasteiger partial charge is 0.339 e. The Morgan fingerprint density at radius 3 is 1.54 bits per heavy atom. The van der Waals surface area contributed by atoms with Crippen molar-refractivity contribution in [2.45, 2.75) is 20.8 Å². The van der Waals surface area contributed by atoms with Crippen molar-refractivity contribution < 1.29 is 19.3 Å². The first-order chi connectivity index (χ1) is 5.84. The summed E-state index contributed by atoms with van der Waals surface area (Å²) >= 11 is 0. The molecule has 0 rings (SSSR count). The topological polar surface area (TPSA) is 105 Å². The molecule has 4 N–H and O–H groups in total. The highest BCUT2D eigenvalue weighted by Crippen LogP contribution is 2.27. The zero-order chi connectivity index (χ0) is 10.6. The Hall–Kier alpha value is -1.14. The zero-order valence-electron chi connectivity index (χ0n) is 7.87. The van der Waals surface area contributed by atoms with Crippen molar-refractivity contribution in [1.82, 2.24) is 0 Å². The highest BCUT2D eigenvalue weighted by atomic mass is 16.7. The fourth-order valence-electron chi connectivity index (χ4n) is 0.939. The SMILES string of the molecule is CC(C)(C)C(C(=O)ON)C(=O)ON. The summed E-state index contributed by atoms with van der Waals surface area (Å²) in [5, 5.41) is 0. The van der Waals surface area contributed by atoms with Crippen molar-refractivity contribution in [3.63, 3.8) is 0 Å².